The van der Waals surface area contributed by atoms with Gasteiger partial charge < -0.3 is 5.11 Å². The summed E-state index contributed by atoms with van der Waals surface area (Å²) < 4.78 is 63.1. The highest BCUT2D eigenvalue weighted by molar-refractivity contribution is 7.92. The first-order valence-corrected chi connectivity index (χ1v) is 6.77. The van der Waals surface area contributed by atoms with E-state index in [2.05, 4.69) is 0 Å². The summed E-state index contributed by atoms with van der Waals surface area (Å²) in [7, 11) is -3.77. The molecule has 0 aliphatic rings. The SMILES string of the molecule is O=S(=O)(CCCCO)Nc1cc(F)c(F)c(F)c1. The molecular weight excluding hydrogens is 271 g/mol. The van der Waals surface area contributed by atoms with Crippen LogP contribution in [0.1, 0.15) is 12.8 Å². The van der Waals surface area contributed by atoms with Gasteiger partial charge in [-0.15, -0.1) is 0 Å². The molecule has 2 N–H and O–H groups in total. The van der Waals surface area contributed by atoms with E-state index in [4.69, 9.17) is 5.11 Å². The van der Waals surface area contributed by atoms with Crippen LogP contribution in [0, 0.1) is 17.5 Å². The zero-order chi connectivity index (χ0) is 13.8. The lowest BCUT2D eigenvalue weighted by atomic mass is 10.3. The van der Waals surface area contributed by atoms with Gasteiger partial charge in [-0.1, -0.05) is 0 Å². The van der Waals surface area contributed by atoms with E-state index >= 15 is 0 Å². The molecule has 0 unspecified atom stereocenters. The lowest BCUT2D eigenvalue weighted by Gasteiger charge is -2.08. The highest BCUT2D eigenvalue weighted by Crippen LogP contribution is 2.18. The summed E-state index contributed by atoms with van der Waals surface area (Å²) in [4.78, 5) is 0. The van der Waals surface area contributed by atoms with E-state index in [1.807, 2.05) is 4.72 Å². The summed E-state index contributed by atoms with van der Waals surface area (Å²) >= 11 is 0. The molecule has 0 aliphatic heterocycles. The van der Waals surface area contributed by atoms with Crippen molar-refractivity contribution in [3.8, 4) is 0 Å². The van der Waals surface area contributed by atoms with Crippen molar-refractivity contribution in [3.63, 3.8) is 0 Å². The minimum absolute atomic E-state index is 0.144. The molecule has 0 atom stereocenters. The number of rotatable bonds is 6. The van der Waals surface area contributed by atoms with Gasteiger partial charge in [-0.2, -0.15) is 0 Å². The fourth-order valence-corrected chi connectivity index (χ4v) is 2.41. The Hall–Kier alpha value is -1.28. The summed E-state index contributed by atoms with van der Waals surface area (Å²) in [5, 5.41) is 8.50. The molecular formula is C10H12F3NO3S. The molecule has 0 aromatic heterocycles. The van der Waals surface area contributed by atoms with Crippen LogP contribution < -0.4 is 4.72 Å². The maximum absolute atomic E-state index is 12.8. The maximum atomic E-state index is 12.8. The van der Waals surface area contributed by atoms with E-state index in [9.17, 15) is 21.6 Å². The van der Waals surface area contributed by atoms with Gasteiger partial charge in [0.1, 0.15) is 0 Å². The van der Waals surface area contributed by atoms with Gasteiger partial charge in [-0.25, -0.2) is 21.6 Å². The second kappa shape index (κ2) is 6.05. The number of nitrogens with one attached hydrogen (secondary N) is 1. The predicted molar refractivity (Wildman–Crippen MR) is 60.0 cm³/mol. The maximum Gasteiger partial charge on any atom is 0.232 e. The minimum Gasteiger partial charge on any atom is -0.396 e. The summed E-state index contributed by atoms with van der Waals surface area (Å²) in [5.41, 5.74) is -0.379. The van der Waals surface area contributed by atoms with Gasteiger partial charge in [-0.3, -0.25) is 4.72 Å². The fraction of sp³-hybridized carbons (Fsp3) is 0.400. The molecule has 18 heavy (non-hydrogen) atoms. The molecule has 0 saturated carbocycles. The Labute approximate surface area is 102 Å². The van der Waals surface area contributed by atoms with Gasteiger partial charge >= 0.3 is 0 Å². The number of halogens is 3. The van der Waals surface area contributed by atoms with Gasteiger partial charge in [0.15, 0.2) is 17.5 Å². The van der Waals surface area contributed by atoms with Gasteiger partial charge in [0, 0.05) is 18.7 Å². The predicted octanol–water partition coefficient (Wildman–Crippen LogP) is 1.62. The lowest BCUT2D eigenvalue weighted by Crippen LogP contribution is -2.17. The molecule has 4 nitrogen and oxygen atoms in total. The van der Waals surface area contributed by atoms with Crippen LogP contribution in [0.4, 0.5) is 18.9 Å². The Morgan fingerprint density at radius 2 is 1.67 bits per heavy atom. The molecule has 8 heteroatoms. The smallest absolute Gasteiger partial charge is 0.232 e. The summed E-state index contributed by atoms with van der Waals surface area (Å²) in [5.74, 6) is -4.89. The van der Waals surface area contributed by atoms with Crippen molar-refractivity contribution in [3.05, 3.63) is 29.6 Å². The van der Waals surface area contributed by atoms with Gasteiger partial charge in [0.2, 0.25) is 10.0 Å². The second-order valence-corrected chi connectivity index (χ2v) is 5.45. The molecule has 0 radical (unpaired) electrons. The summed E-state index contributed by atoms with van der Waals surface area (Å²) in [6, 6.07) is 1.12. The molecule has 0 amide bonds. The number of aliphatic hydroxyl groups is 1. The molecule has 0 bridgehead atoms. The number of aliphatic hydroxyl groups excluding tert-OH is 1. The number of benzene rings is 1. The monoisotopic (exact) mass is 283 g/mol. The van der Waals surface area contributed by atoms with Crippen LogP contribution in [0.2, 0.25) is 0 Å². The number of unbranched alkanes of at least 4 members (excludes halogenated alkanes) is 1. The molecule has 0 fully saturated rings. The van der Waals surface area contributed by atoms with Crippen LogP contribution in [0.15, 0.2) is 12.1 Å². The molecule has 0 spiro atoms. The molecule has 0 saturated heterocycles. The number of hydrogen-bond acceptors (Lipinski definition) is 3. The second-order valence-electron chi connectivity index (χ2n) is 3.61. The average molecular weight is 283 g/mol. The van der Waals surface area contributed by atoms with Crippen molar-refractivity contribution in [1.82, 2.24) is 0 Å². The fourth-order valence-electron chi connectivity index (χ4n) is 1.25. The van der Waals surface area contributed by atoms with E-state index in [-0.39, 0.29) is 24.5 Å². The Kier molecular flexibility index (Phi) is 4.97. The van der Waals surface area contributed by atoms with Gasteiger partial charge in [0.05, 0.1) is 11.4 Å². The molecule has 0 heterocycles. The highest BCUT2D eigenvalue weighted by atomic mass is 32.2. The third kappa shape index (κ3) is 4.19. The van der Waals surface area contributed by atoms with E-state index < -0.39 is 27.5 Å². The number of anilines is 1. The Bertz CT molecular complexity index is 496. The summed E-state index contributed by atoms with van der Waals surface area (Å²) in [6.45, 7) is -0.144. The average Bonchev–Trinajstić information content (AvgIpc) is 2.25. The normalized spacial score (nSPS) is 11.6. The summed E-state index contributed by atoms with van der Waals surface area (Å²) in [6.07, 6.45) is 0.505. The van der Waals surface area contributed by atoms with Crippen LogP contribution >= 0.6 is 0 Å². The van der Waals surface area contributed by atoms with Crippen LogP contribution in [0.3, 0.4) is 0 Å². The van der Waals surface area contributed by atoms with E-state index in [0.717, 1.165) is 0 Å². The number of sulfonamides is 1. The van der Waals surface area contributed by atoms with Crippen molar-refractivity contribution < 1.29 is 26.7 Å². The minimum atomic E-state index is -3.77. The zero-order valence-corrected chi connectivity index (χ0v) is 10.1. The van der Waals surface area contributed by atoms with Gasteiger partial charge in [-0.05, 0) is 12.8 Å². The lowest BCUT2D eigenvalue weighted by molar-refractivity contribution is 0.287. The van der Waals surface area contributed by atoms with Crippen LogP contribution in [-0.2, 0) is 10.0 Å². The van der Waals surface area contributed by atoms with Gasteiger partial charge in [0.25, 0.3) is 0 Å². The first kappa shape index (κ1) is 14.8. The van der Waals surface area contributed by atoms with E-state index in [1.165, 1.54) is 0 Å². The van der Waals surface area contributed by atoms with E-state index in [0.29, 0.717) is 18.6 Å². The molecule has 102 valence electrons. The zero-order valence-electron chi connectivity index (χ0n) is 9.29. The van der Waals surface area contributed by atoms with E-state index in [1.54, 1.807) is 0 Å². The van der Waals surface area contributed by atoms with Crippen LogP contribution in [0.5, 0.6) is 0 Å². The van der Waals surface area contributed by atoms with Crippen molar-refractivity contribution in [2.24, 2.45) is 0 Å². The Morgan fingerprint density at radius 3 is 2.17 bits per heavy atom. The molecule has 0 aliphatic carbocycles. The molecule has 1 aromatic rings. The topological polar surface area (TPSA) is 66.4 Å². The van der Waals surface area contributed by atoms with Crippen LogP contribution in [-0.4, -0.2) is 25.9 Å². The van der Waals surface area contributed by atoms with Crippen molar-refractivity contribution in [2.75, 3.05) is 17.1 Å². The largest absolute Gasteiger partial charge is 0.396 e. The van der Waals surface area contributed by atoms with Crippen molar-refractivity contribution >= 4 is 15.7 Å². The quantitative estimate of drug-likeness (QED) is 0.616. The number of hydrogen-bond donors (Lipinski definition) is 2. The van der Waals surface area contributed by atoms with Crippen LogP contribution in [0.25, 0.3) is 0 Å². The standard InChI is InChI=1S/C10H12F3NO3S/c11-8-5-7(6-9(12)10(8)13)14-18(16,17)4-2-1-3-15/h5-6,14-15H,1-4H2. The Balaban J connectivity index is 2.78. The molecule has 1 aromatic carbocycles. The molecule has 1 rings (SSSR count). The Morgan fingerprint density at radius 1 is 1.11 bits per heavy atom. The third-order valence-electron chi connectivity index (χ3n) is 2.08. The van der Waals surface area contributed by atoms with Crippen molar-refractivity contribution in [1.29, 1.82) is 0 Å². The first-order valence-electron chi connectivity index (χ1n) is 5.11. The van der Waals surface area contributed by atoms with Crippen molar-refractivity contribution in [2.45, 2.75) is 12.8 Å². The third-order valence-corrected chi connectivity index (χ3v) is 3.45. The first-order chi connectivity index (χ1) is 8.35. The highest BCUT2D eigenvalue weighted by Gasteiger charge is 2.15.